The summed E-state index contributed by atoms with van der Waals surface area (Å²) in [6, 6.07) is 0.628. The SMILES string of the molecule is CCOC1CC(NC(=O)NC2CCC2)C1(C)C. The number of hydrogen-bond donors (Lipinski definition) is 2. The van der Waals surface area contributed by atoms with Gasteiger partial charge in [-0.15, -0.1) is 0 Å². The molecule has 0 aliphatic heterocycles. The summed E-state index contributed by atoms with van der Waals surface area (Å²) in [5, 5.41) is 6.07. The van der Waals surface area contributed by atoms with Crippen LogP contribution in [-0.4, -0.2) is 30.8 Å². The molecule has 2 rings (SSSR count). The van der Waals surface area contributed by atoms with Gasteiger partial charge in [-0.1, -0.05) is 13.8 Å². The molecular formula is C13H24N2O2. The van der Waals surface area contributed by atoms with Crippen molar-refractivity contribution in [2.24, 2.45) is 5.41 Å². The maximum Gasteiger partial charge on any atom is 0.315 e. The molecule has 0 aromatic carbocycles. The Kier molecular flexibility index (Phi) is 3.61. The highest BCUT2D eigenvalue weighted by molar-refractivity contribution is 5.75. The van der Waals surface area contributed by atoms with E-state index in [0.717, 1.165) is 25.9 Å². The normalized spacial score (nSPS) is 31.2. The minimum absolute atomic E-state index is 0.0114. The van der Waals surface area contributed by atoms with Crippen molar-refractivity contribution in [3.63, 3.8) is 0 Å². The minimum atomic E-state index is -0.0114. The molecule has 2 saturated carbocycles. The van der Waals surface area contributed by atoms with Crippen molar-refractivity contribution in [1.82, 2.24) is 10.6 Å². The Bertz CT molecular complexity index is 287. The molecule has 2 amide bonds. The number of ether oxygens (including phenoxy) is 1. The predicted molar refractivity (Wildman–Crippen MR) is 66.9 cm³/mol. The van der Waals surface area contributed by atoms with Crippen LogP contribution in [0.4, 0.5) is 4.79 Å². The topological polar surface area (TPSA) is 50.4 Å². The fourth-order valence-corrected chi connectivity index (χ4v) is 2.55. The predicted octanol–water partition coefficient (Wildman–Crippen LogP) is 2.04. The number of hydrogen-bond acceptors (Lipinski definition) is 2. The molecule has 98 valence electrons. The highest BCUT2D eigenvalue weighted by atomic mass is 16.5. The van der Waals surface area contributed by atoms with E-state index >= 15 is 0 Å². The van der Waals surface area contributed by atoms with E-state index in [1.54, 1.807) is 0 Å². The number of carbonyl (C=O) groups is 1. The van der Waals surface area contributed by atoms with Gasteiger partial charge in [0.25, 0.3) is 0 Å². The minimum Gasteiger partial charge on any atom is -0.378 e. The van der Waals surface area contributed by atoms with Crippen LogP contribution in [0.3, 0.4) is 0 Å². The zero-order valence-electron chi connectivity index (χ0n) is 11.1. The van der Waals surface area contributed by atoms with Gasteiger partial charge in [-0.05, 0) is 32.6 Å². The summed E-state index contributed by atoms with van der Waals surface area (Å²) in [5.74, 6) is 0. The van der Waals surface area contributed by atoms with Crippen LogP contribution in [0.1, 0.15) is 46.5 Å². The lowest BCUT2D eigenvalue weighted by molar-refractivity contribution is -0.110. The number of urea groups is 1. The summed E-state index contributed by atoms with van der Waals surface area (Å²) in [6.45, 7) is 7.07. The third kappa shape index (κ3) is 2.57. The van der Waals surface area contributed by atoms with Gasteiger partial charge in [0, 0.05) is 24.1 Å². The van der Waals surface area contributed by atoms with E-state index in [1.165, 1.54) is 6.42 Å². The summed E-state index contributed by atoms with van der Waals surface area (Å²) >= 11 is 0. The van der Waals surface area contributed by atoms with Gasteiger partial charge in [0.15, 0.2) is 0 Å². The molecule has 2 N–H and O–H groups in total. The average molecular weight is 240 g/mol. The van der Waals surface area contributed by atoms with Gasteiger partial charge in [-0.25, -0.2) is 4.79 Å². The Balaban J connectivity index is 1.74. The van der Waals surface area contributed by atoms with Gasteiger partial charge >= 0.3 is 6.03 Å². The van der Waals surface area contributed by atoms with E-state index in [1.807, 2.05) is 6.92 Å². The summed E-state index contributed by atoms with van der Waals surface area (Å²) in [4.78, 5) is 11.7. The van der Waals surface area contributed by atoms with Crippen LogP contribution < -0.4 is 10.6 Å². The third-order valence-electron chi connectivity index (χ3n) is 4.29. The molecule has 2 aliphatic carbocycles. The zero-order valence-corrected chi connectivity index (χ0v) is 11.1. The Labute approximate surface area is 103 Å². The number of amides is 2. The second-order valence-electron chi connectivity index (χ2n) is 5.80. The first-order valence-electron chi connectivity index (χ1n) is 6.72. The van der Waals surface area contributed by atoms with E-state index in [2.05, 4.69) is 24.5 Å². The molecule has 17 heavy (non-hydrogen) atoms. The van der Waals surface area contributed by atoms with Gasteiger partial charge in [0.2, 0.25) is 0 Å². The van der Waals surface area contributed by atoms with E-state index in [-0.39, 0.29) is 23.6 Å². The molecule has 0 spiro atoms. The summed E-state index contributed by atoms with van der Waals surface area (Å²) in [5.41, 5.74) is 0.0486. The Morgan fingerprint density at radius 1 is 1.35 bits per heavy atom. The van der Waals surface area contributed by atoms with Crippen molar-refractivity contribution in [3.8, 4) is 0 Å². The van der Waals surface area contributed by atoms with Gasteiger partial charge in [-0.2, -0.15) is 0 Å². The molecule has 0 aromatic heterocycles. The molecule has 0 heterocycles. The van der Waals surface area contributed by atoms with E-state index in [0.29, 0.717) is 6.04 Å². The molecule has 4 heteroatoms. The molecule has 2 unspecified atom stereocenters. The second-order valence-corrected chi connectivity index (χ2v) is 5.80. The molecule has 2 aliphatic rings. The smallest absolute Gasteiger partial charge is 0.315 e. The van der Waals surface area contributed by atoms with Gasteiger partial charge in [-0.3, -0.25) is 0 Å². The van der Waals surface area contributed by atoms with Crippen LogP contribution >= 0.6 is 0 Å². The van der Waals surface area contributed by atoms with Crippen LogP contribution in [0.25, 0.3) is 0 Å². The fraction of sp³-hybridized carbons (Fsp3) is 0.923. The highest BCUT2D eigenvalue weighted by Crippen LogP contribution is 2.42. The van der Waals surface area contributed by atoms with Crippen LogP contribution in [0, 0.1) is 5.41 Å². The van der Waals surface area contributed by atoms with Crippen molar-refractivity contribution in [2.45, 2.75) is 64.6 Å². The van der Waals surface area contributed by atoms with Crippen LogP contribution in [0.5, 0.6) is 0 Å². The summed E-state index contributed by atoms with van der Waals surface area (Å²) in [6.07, 6.45) is 4.71. The van der Waals surface area contributed by atoms with E-state index in [9.17, 15) is 4.79 Å². The van der Waals surface area contributed by atoms with E-state index < -0.39 is 0 Å². The van der Waals surface area contributed by atoms with Gasteiger partial charge in [0.05, 0.1) is 6.10 Å². The number of nitrogens with one attached hydrogen (secondary N) is 2. The quantitative estimate of drug-likeness (QED) is 0.790. The number of rotatable bonds is 4. The number of carbonyl (C=O) groups excluding carboxylic acids is 1. The lowest BCUT2D eigenvalue weighted by Crippen LogP contribution is -2.64. The standard InChI is InChI=1S/C13H24N2O2/c1-4-17-11-8-10(13(11,2)3)15-12(16)14-9-6-5-7-9/h9-11H,4-8H2,1-3H3,(H2,14,15,16). The van der Waals surface area contributed by atoms with Crippen molar-refractivity contribution in [1.29, 1.82) is 0 Å². The lowest BCUT2D eigenvalue weighted by Gasteiger charge is -2.51. The fourth-order valence-electron chi connectivity index (χ4n) is 2.55. The van der Waals surface area contributed by atoms with Crippen molar-refractivity contribution < 1.29 is 9.53 Å². The average Bonchev–Trinajstić information content (AvgIpc) is 2.22. The first-order valence-corrected chi connectivity index (χ1v) is 6.72. The van der Waals surface area contributed by atoms with Crippen LogP contribution in [-0.2, 0) is 4.74 Å². The summed E-state index contributed by atoms with van der Waals surface area (Å²) < 4.78 is 5.65. The molecule has 0 saturated heterocycles. The first-order chi connectivity index (χ1) is 8.04. The van der Waals surface area contributed by atoms with Crippen molar-refractivity contribution >= 4 is 6.03 Å². The molecule has 0 radical (unpaired) electrons. The Morgan fingerprint density at radius 2 is 2.06 bits per heavy atom. The van der Waals surface area contributed by atoms with Crippen molar-refractivity contribution in [2.75, 3.05) is 6.61 Å². The van der Waals surface area contributed by atoms with Gasteiger partial charge in [0.1, 0.15) is 0 Å². The maximum absolute atomic E-state index is 11.7. The molecule has 0 bridgehead atoms. The maximum atomic E-state index is 11.7. The van der Waals surface area contributed by atoms with E-state index in [4.69, 9.17) is 4.74 Å². The zero-order chi connectivity index (χ0) is 12.5. The Hall–Kier alpha value is -0.770. The lowest BCUT2D eigenvalue weighted by atomic mass is 9.64. The monoisotopic (exact) mass is 240 g/mol. The third-order valence-corrected chi connectivity index (χ3v) is 4.29. The van der Waals surface area contributed by atoms with Crippen LogP contribution in [0.2, 0.25) is 0 Å². The summed E-state index contributed by atoms with van der Waals surface area (Å²) in [7, 11) is 0. The highest BCUT2D eigenvalue weighted by Gasteiger charge is 2.49. The molecule has 4 nitrogen and oxygen atoms in total. The largest absolute Gasteiger partial charge is 0.378 e. The van der Waals surface area contributed by atoms with Crippen LogP contribution in [0.15, 0.2) is 0 Å². The van der Waals surface area contributed by atoms with Crippen molar-refractivity contribution in [3.05, 3.63) is 0 Å². The molecule has 2 atom stereocenters. The first kappa shape index (κ1) is 12.7. The molecule has 0 aromatic rings. The molecular weight excluding hydrogens is 216 g/mol. The molecule has 2 fully saturated rings. The second kappa shape index (κ2) is 4.84. The Morgan fingerprint density at radius 3 is 2.53 bits per heavy atom. The van der Waals surface area contributed by atoms with Gasteiger partial charge < -0.3 is 15.4 Å².